The van der Waals surface area contributed by atoms with Crippen molar-refractivity contribution in [3.63, 3.8) is 0 Å². The third-order valence-corrected chi connectivity index (χ3v) is 5.53. The molecule has 0 aliphatic carbocycles. The number of ether oxygens (including phenoxy) is 1. The molecule has 7 nitrogen and oxygen atoms in total. The summed E-state index contributed by atoms with van der Waals surface area (Å²) in [6, 6.07) is 8.27. The van der Waals surface area contributed by atoms with Crippen molar-refractivity contribution >= 4 is 11.6 Å². The highest BCUT2D eigenvalue weighted by molar-refractivity contribution is 5.80. The van der Waals surface area contributed by atoms with Crippen LogP contribution in [0.4, 0.5) is 5.69 Å². The minimum Gasteiger partial charge on any atom is -0.497 e. The number of methoxy groups -OCH3 is 1. The summed E-state index contributed by atoms with van der Waals surface area (Å²) >= 11 is 0. The van der Waals surface area contributed by atoms with Gasteiger partial charge in [-0.3, -0.25) is 9.67 Å². The molecule has 1 aliphatic rings. The predicted molar refractivity (Wildman–Crippen MR) is 115 cm³/mol. The highest BCUT2D eigenvalue weighted by atomic mass is 16.5. The number of benzene rings is 1. The lowest BCUT2D eigenvalue weighted by Gasteiger charge is -2.37. The number of nitrogens with one attached hydrogen (secondary N) is 1. The normalized spacial score (nSPS) is 15.1. The molecule has 1 aromatic heterocycles. The Kier molecular flexibility index (Phi) is 6.44. The summed E-state index contributed by atoms with van der Waals surface area (Å²) in [6.07, 6.45) is 0.953. The Morgan fingerprint density at radius 2 is 1.96 bits per heavy atom. The summed E-state index contributed by atoms with van der Waals surface area (Å²) in [5, 5.41) is 8.03. The van der Waals surface area contributed by atoms with Crippen LogP contribution in [0.5, 0.6) is 5.75 Å². The average Bonchev–Trinajstić information content (AvgIpc) is 2.97. The molecule has 1 N–H and O–H groups in total. The molecule has 3 rings (SSSR count). The van der Waals surface area contributed by atoms with Gasteiger partial charge in [0.15, 0.2) is 5.96 Å². The minimum absolute atomic E-state index is 0.857. The van der Waals surface area contributed by atoms with Crippen LogP contribution in [-0.2, 0) is 13.5 Å². The molecule has 0 saturated carbocycles. The summed E-state index contributed by atoms with van der Waals surface area (Å²) in [5.41, 5.74) is 4.89. The number of hydrogen-bond donors (Lipinski definition) is 1. The summed E-state index contributed by atoms with van der Waals surface area (Å²) in [7, 11) is 5.57. The van der Waals surface area contributed by atoms with Crippen molar-refractivity contribution in [1.82, 2.24) is 20.0 Å². The largest absolute Gasteiger partial charge is 0.497 e. The summed E-state index contributed by atoms with van der Waals surface area (Å²) < 4.78 is 7.30. The van der Waals surface area contributed by atoms with Crippen LogP contribution in [0.2, 0.25) is 0 Å². The second-order valence-corrected chi connectivity index (χ2v) is 7.17. The number of aryl methyl sites for hydroxylation is 2. The highest BCUT2D eigenvalue weighted by Crippen LogP contribution is 2.22. The number of hydrogen-bond acceptors (Lipinski definition) is 4. The van der Waals surface area contributed by atoms with E-state index in [-0.39, 0.29) is 0 Å². The fourth-order valence-electron chi connectivity index (χ4n) is 3.79. The quantitative estimate of drug-likeness (QED) is 0.631. The van der Waals surface area contributed by atoms with Crippen LogP contribution >= 0.6 is 0 Å². The maximum Gasteiger partial charge on any atom is 0.193 e. The van der Waals surface area contributed by atoms with Crippen LogP contribution in [-0.4, -0.2) is 67.5 Å². The van der Waals surface area contributed by atoms with Crippen LogP contribution in [0.25, 0.3) is 0 Å². The molecule has 1 fully saturated rings. The number of aliphatic imine (C=N–C) groups is 1. The maximum absolute atomic E-state index is 5.35. The fraction of sp³-hybridized carbons (Fsp3) is 0.524. The van der Waals surface area contributed by atoms with E-state index < -0.39 is 0 Å². The van der Waals surface area contributed by atoms with E-state index in [0.717, 1.165) is 56.5 Å². The van der Waals surface area contributed by atoms with E-state index >= 15 is 0 Å². The molecule has 2 aromatic rings. The van der Waals surface area contributed by atoms with Crippen molar-refractivity contribution in [2.24, 2.45) is 12.0 Å². The molecule has 152 valence electrons. The van der Waals surface area contributed by atoms with Crippen LogP contribution in [0, 0.1) is 13.8 Å². The molecule has 1 saturated heterocycles. The van der Waals surface area contributed by atoms with E-state index in [9.17, 15) is 0 Å². The van der Waals surface area contributed by atoms with Crippen molar-refractivity contribution in [2.45, 2.75) is 20.3 Å². The molecule has 0 bridgehead atoms. The van der Waals surface area contributed by atoms with E-state index in [2.05, 4.69) is 51.2 Å². The number of anilines is 1. The Bertz CT molecular complexity index is 820. The van der Waals surface area contributed by atoms with Crippen molar-refractivity contribution < 1.29 is 4.74 Å². The second kappa shape index (κ2) is 8.99. The topological polar surface area (TPSA) is 57.9 Å². The fourth-order valence-corrected chi connectivity index (χ4v) is 3.79. The molecule has 0 unspecified atom stereocenters. The van der Waals surface area contributed by atoms with Gasteiger partial charge in [-0.15, -0.1) is 0 Å². The zero-order valence-electron chi connectivity index (χ0n) is 17.7. The average molecular weight is 385 g/mol. The Morgan fingerprint density at radius 1 is 1.21 bits per heavy atom. The lowest BCUT2D eigenvalue weighted by molar-refractivity contribution is 0.372. The number of guanidine groups is 1. The molecule has 0 radical (unpaired) electrons. The van der Waals surface area contributed by atoms with E-state index in [1.807, 2.05) is 30.9 Å². The van der Waals surface area contributed by atoms with Crippen LogP contribution in [0.15, 0.2) is 29.3 Å². The summed E-state index contributed by atoms with van der Waals surface area (Å²) in [6.45, 7) is 8.89. The van der Waals surface area contributed by atoms with Crippen LogP contribution in [0.1, 0.15) is 17.0 Å². The van der Waals surface area contributed by atoms with Gasteiger partial charge in [-0.25, -0.2) is 0 Å². The van der Waals surface area contributed by atoms with Gasteiger partial charge in [0.2, 0.25) is 0 Å². The highest BCUT2D eigenvalue weighted by Gasteiger charge is 2.20. The van der Waals surface area contributed by atoms with E-state index in [1.165, 1.54) is 16.9 Å². The van der Waals surface area contributed by atoms with Crippen molar-refractivity contribution in [1.29, 1.82) is 0 Å². The Labute approximate surface area is 168 Å². The lowest BCUT2D eigenvalue weighted by atomic mass is 10.1. The zero-order chi connectivity index (χ0) is 20.1. The summed E-state index contributed by atoms with van der Waals surface area (Å²) in [5.74, 6) is 1.88. The van der Waals surface area contributed by atoms with Crippen LogP contribution in [0.3, 0.4) is 0 Å². The molecular formula is C21H32N6O. The Hall–Kier alpha value is -2.70. The third-order valence-electron chi connectivity index (χ3n) is 5.53. The number of nitrogens with zero attached hydrogens (tertiary/aromatic N) is 5. The first-order valence-corrected chi connectivity index (χ1v) is 9.87. The van der Waals surface area contributed by atoms with Gasteiger partial charge >= 0.3 is 0 Å². The number of piperazine rings is 1. The minimum atomic E-state index is 0.857. The number of rotatable bonds is 5. The van der Waals surface area contributed by atoms with Gasteiger partial charge in [0.05, 0.1) is 12.8 Å². The second-order valence-electron chi connectivity index (χ2n) is 7.17. The van der Waals surface area contributed by atoms with Crippen molar-refractivity contribution in [2.75, 3.05) is 51.8 Å². The lowest BCUT2D eigenvalue weighted by Crippen LogP contribution is -2.52. The first kappa shape index (κ1) is 20.0. The monoisotopic (exact) mass is 384 g/mol. The van der Waals surface area contributed by atoms with E-state index in [0.29, 0.717) is 0 Å². The Balaban J connectivity index is 1.52. The van der Waals surface area contributed by atoms with Gasteiger partial charge in [-0.05, 0) is 38.0 Å². The first-order chi connectivity index (χ1) is 13.5. The van der Waals surface area contributed by atoms with Crippen molar-refractivity contribution in [3.8, 4) is 5.75 Å². The van der Waals surface area contributed by atoms with Gasteiger partial charge in [-0.2, -0.15) is 5.10 Å². The molecule has 0 amide bonds. The Morgan fingerprint density at radius 3 is 2.57 bits per heavy atom. The van der Waals surface area contributed by atoms with Gasteiger partial charge in [0, 0.05) is 64.3 Å². The van der Waals surface area contributed by atoms with Gasteiger partial charge in [-0.1, -0.05) is 6.07 Å². The molecule has 1 aliphatic heterocycles. The SMILES string of the molecule is CN=C(NCCc1c(C)nn(C)c1C)N1CCN(c2cccc(OC)c2)CC1. The molecule has 1 aromatic carbocycles. The van der Waals surface area contributed by atoms with Gasteiger partial charge < -0.3 is 19.9 Å². The molecule has 0 atom stereocenters. The molecule has 2 heterocycles. The molecule has 0 spiro atoms. The third kappa shape index (κ3) is 4.40. The smallest absolute Gasteiger partial charge is 0.193 e. The van der Waals surface area contributed by atoms with Crippen molar-refractivity contribution in [3.05, 3.63) is 41.2 Å². The maximum atomic E-state index is 5.35. The molecular weight excluding hydrogens is 352 g/mol. The molecule has 28 heavy (non-hydrogen) atoms. The predicted octanol–water partition coefficient (Wildman–Crippen LogP) is 1.99. The standard InChI is InChI=1S/C21H32N6O/c1-16-20(17(2)25(4)24-16)9-10-23-21(22-3)27-13-11-26(12-14-27)18-7-6-8-19(15-18)28-5/h6-8,15H,9-14H2,1-5H3,(H,22,23). The number of aromatic nitrogens is 2. The molecule has 7 heteroatoms. The summed E-state index contributed by atoms with van der Waals surface area (Å²) in [4.78, 5) is 9.22. The van der Waals surface area contributed by atoms with E-state index in [1.54, 1.807) is 7.11 Å². The van der Waals surface area contributed by atoms with Gasteiger partial charge in [0.25, 0.3) is 0 Å². The first-order valence-electron chi connectivity index (χ1n) is 9.87. The zero-order valence-corrected chi connectivity index (χ0v) is 17.7. The van der Waals surface area contributed by atoms with E-state index in [4.69, 9.17) is 4.74 Å². The van der Waals surface area contributed by atoms with Gasteiger partial charge in [0.1, 0.15) is 5.75 Å². The van der Waals surface area contributed by atoms with Crippen LogP contribution < -0.4 is 15.0 Å².